The zero-order valence-electron chi connectivity index (χ0n) is 17.5. The van der Waals surface area contributed by atoms with E-state index < -0.39 is 15.6 Å². The first-order valence-corrected chi connectivity index (χ1v) is 13.1. The van der Waals surface area contributed by atoms with Crippen molar-refractivity contribution in [1.29, 1.82) is 0 Å². The number of para-hydroxylation sites is 2. The smallest absolute Gasteiger partial charge is 0.269 e. The van der Waals surface area contributed by atoms with Gasteiger partial charge in [-0.15, -0.1) is 11.3 Å². The van der Waals surface area contributed by atoms with E-state index in [0.717, 1.165) is 11.3 Å². The van der Waals surface area contributed by atoms with Crippen molar-refractivity contribution in [2.24, 2.45) is 0 Å². The van der Waals surface area contributed by atoms with E-state index in [1.54, 1.807) is 12.1 Å². The first-order valence-electron chi connectivity index (χ1n) is 10.4. The maximum absolute atomic E-state index is 12.8. The third-order valence-corrected chi connectivity index (χ3v) is 9.38. The fourth-order valence-corrected chi connectivity index (χ4v) is 7.05. The van der Waals surface area contributed by atoms with Crippen molar-refractivity contribution in [1.82, 2.24) is 15.1 Å². The molecular formula is C21H22ClN3O6S2. The van der Waals surface area contributed by atoms with E-state index in [2.05, 4.69) is 10.8 Å². The number of amides is 1. The van der Waals surface area contributed by atoms with E-state index in [0.29, 0.717) is 41.0 Å². The van der Waals surface area contributed by atoms with Gasteiger partial charge in [0, 0.05) is 13.1 Å². The van der Waals surface area contributed by atoms with Gasteiger partial charge in [-0.05, 0) is 43.2 Å². The van der Waals surface area contributed by atoms with E-state index in [4.69, 9.17) is 25.9 Å². The number of thiophene rings is 1. The molecule has 0 saturated carbocycles. The van der Waals surface area contributed by atoms with E-state index in [-0.39, 0.29) is 35.9 Å². The van der Waals surface area contributed by atoms with Crippen LogP contribution in [0.15, 0.2) is 52.4 Å². The zero-order valence-corrected chi connectivity index (χ0v) is 19.8. The highest BCUT2D eigenvalue weighted by Crippen LogP contribution is 2.36. The van der Waals surface area contributed by atoms with Gasteiger partial charge < -0.3 is 14.8 Å². The monoisotopic (exact) mass is 511 g/mol. The summed E-state index contributed by atoms with van der Waals surface area (Å²) < 4.78 is 39.2. The quantitative estimate of drug-likeness (QED) is 0.634. The molecule has 1 unspecified atom stereocenters. The highest BCUT2D eigenvalue weighted by Gasteiger charge is 2.43. The number of ether oxygens (including phenoxy) is 2. The van der Waals surface area contributed by atoms with Crippen molar-refractivity contribution >= 4 is 38.9 Å². The van der Waals surface area contributed by atoms with Crippen LogP contribution in [0.1, 0.15) is 12.8 Å². The SMILES string of the molecule is O=C(NCC1COc2ccccc2O1)C1=CC2(CCN(S(=O)(=O)c3ccc(Cl)s3)CC2)ON1. The van der Waals surface area contributed by atoms with Gasteiger partial charge in [-0.1, -0.05) is 23.7 Å². The van der Waals surface area contributed by atoms with E-state index in [9.17, 15) is 13.2 Å². The molecule has 1 spiro atoms. The Morgan fingerprint density at radius 3 is 2.70 bits per heavy atom. The Balaban J connectivity index is 1.16. The average molecular weight is 512 g/mol. The minimum absolute atomic E-state index is 0.223. The molecule has 0 bridgehead atoms. The second-order valence-electron chi connectivity index (χ2n) is 8.00. The van der Waals surface area contributed by atoms with Gasteiger partial charge in [-0.25, -0.2) is 8.42 Å². The van der Waals surface area contributed by atoms with Crippen LogP contribution in [0.2, 0.25) is 4.34 Å². The minimum atomic E-state index is -3.59. The number of nitrogens with zero attached hydrogens (tertiary/aromatic N) is 1. The molecule has 12 heteroatoms. The topological polar surface area (TPSA) is 106 Å². The Morgan fingerprint density at radius 2 is 1.97 bits per heavy atom. The Morgan fingerprint density at radius 1 is 1.21 bits per heavy atom. The highest BCUT2D eigenvalue weighted by atomic mass is 35.5. The fraction of sp³-hybridized carbons (Fsp3) is 0.381. The third kappa shape index (κ3) is 4.56. The lowest BCUT2D eigenvalue weighted by molar-refractivity contribution is -0.120. The summed E-state index contributed by atoms with van der Waals surface area (Å²) in [6.07, 6.45) is 2.28. The molecule has 1 atom stereocenters. The van der Waals surface area contributed by atoms with Gasteiger partial charge in [0.05, 0.1) is 10.9 Å². The Labute approximate surface area is 200 Å². The van der Waals surface area contributed by atoms with Crippen LogP contribution in [0.5, 0.6) is 11.5 Å². The Hall–Kier alpha value is -2.31. The number of carbonyl (C=O) groups excluding carboxylic acids is 1. The zero-order chi connectivity index (χ0) is 23.1. The highest BCUT2D eigenvalue weighted by molar-refractivity contribution is 7.91. The number of benzene rings is 1. The second-order valence-corrected chi connectivity index (χ2v) is 11.9. The summed E-state index contributed by atoms with van der Waals surface area (Å²) >= 11 is 6.93. The number of sulfonamides is 1. The van der Waals surface area contributed by atoms with Crippen molar-refractivity contribution in [3.05, 3.63) is 52.5 Å². The summed E-state index contributed by atoms with van der Waals surface area (Å²) in [7, 11) is -3.59. The van der Waals surface area contributed by atoms with Gasteiger partial charge in [0.2, 0.25) is 0 Å². The van der Waals surface area contributed by atoms with Crippen LogP contribution in [0.3, 0.4) is 0 Å². The average Bonchev–Trinajstić information content (AvgIpc) is 3.45. The van der Waals surface area contributed by atoms with Crippen molar-refractivity contribution in [2.75, 3.05) is 26.2 Å². The Bertz CT molecular complexity index is 1190. The van der Waals surface area contributed by atoms with Crippen LogP contribution in [0.4, 0.5) is 0 Å². The number of hydroxylamine groups is 1. The number of piperidine rings is 1. The number of nitrogens with one attached hydrogen (secondary N) is 2. The molecule has 5 rings (SSSR count). The minimum Gasteiger partial charge on any atom is -0.486 e. The molecule has 9 nitrogen and oxygen atoms in total. The fourth-order valence-electron chi connectivity index (χ4n) is 3.97. The molecular weight excluding hydrogens is 490 g/mol. The van der Waals surface area contributed by atoms with Crippen molar-refractivity contribution in [2.45, 2.75) is 28.8 Å². The molecule has 176 valence electrons. The van der Waals surface area contributed by atoms with Gasteiger partial charge in [-0.3, -0.25) is 15.1 Å². The molecule has 1 amide bonds. The molecule has 4 heterocycles. The number of hydrogen-bond donors (Lipinski definition) is 2. The van der Waals surface area contributed by atoms with Crippen LogP contribution in [0, 0.1) is 0 Å². The maximum atomic E-state index is 12.8. The van der Waals surface area contributed by atoms with Gasteiger partial charge in [-0.2, -0.15) is 4.31 Å². The molecule has 1 aromatic carbocycles. The number of fused-ring (bicyclic) bond motifs is 1. The van der Waals surface area contributed by atoms with Crippen molar-refractivity contribution in [3.63, 3.8) is 0 Å². The van der Waals surface area contributed by atoms with Crippen molar-refractivity contribution in [3.8, 4) is 11.5 Å². The largest absolute Gasteiger partial charge is 0.486 e. The predicted octanol–water partition coefficient (Wildman–Crippen LogP) is 2.30. The number of carbonyl (C=O) groups is 1. The van der Waals surface area contributed by atoms with Crippen LogP contribution >= 0.6 is 22.9 Å². The molecule has 1 fully saturated rings. The predicted molar refractivity (Wildman–Crippen MR) is 122 cm³/mol. The second kappa shape index (κ2) is 8.80. The molecule has 0 aliphatic carbocycles. The van der Waals surface area contributed by atoms with Crippen LogP contribution in [-0.4, -0.2) is 56.6 Å². The number of halogens is 1. The molecule has 3 aliphatic rings. The molecule has 0 radical (unpaired) electrons. The molecule has 1 aromatic heterocycles. The number of hydrogen-bond acceptors (Lipinski definition) is 8. The molecule has 1 saturated heterocycles. The lowest BCUT2D eigenvalue weighted by Gasteiger charge is -2.35. The van der Waals surface area contributed by atoms with Crippen LogP contribution in [-0.2, 0) is 19.7 Å². The molecule has 2 N–H and O–H groups in total. The molecule has 33 heavy (non-hydrogen) atoms. The third-order valence-electron chi connectivity index (χ3n) is 5.79. The van der Waals surface area contributed by atoms with Gasteiger partial charge >= 0.3 is 0 Å². The summed E-state index contributed by atoms with van der Waals surface area (Å²) in [5.41, 5.74) is 2.28. The summed E-state index contributed by atoms with van der Waals surface area (Å²) in [6, 6.07) is 10.5. The summed E-state index contributed by atoms with van der Waals surface area (Å²) in [5, 5.41) is 2.83. The summed E-state index contributed by atoms with van der Waals surface area (Å²) in [6.45, 7) is 1.16. The van der Waals surface area contributed by atoms with Crippen molar-refractivity contribution < 1.29 is 27.5 Å². The molecule has 2 aromatic rings. The first-order chi connectivity index (χ1) is 15.8. The van der Waals surface area contributed by atoms with E-state index in [1.807, 2.05) is 24.3 Å². The van der Waals surface area contributed by atoms with Crippen LogP contribution in [0.25, 0.3) is 0 Å². The van der Waals surface area contributed by atoms with Crippen LogP contribution < -0.4 is 20.3 Å². The maximum Gasteiger partial charge on any atom is 0.269 e. The van der Waals surface area contributed by atoms with E-state index in [1.165, 1.54) is 10.4 Å². The lowest BCUT2D eigenvalue weighted by Crippen LogP contribution is -2.46. The standard InChI is InChI=1S/C21H22ClN3O6S2/c22-18-5-6-19(32-18)33(27,28)25-9-7-21(8-10-25)11-15(24-31-21)20(26)23-12-14-13-29-16-3-1-2-4-17(16)30-14/h1-6,11,14,24H,7-10,12-13H2,(H,23,26). The number of rotatable bonds is 5. The first kappa shape index (κ1) is 22.5. The van der Waals surface area contributed by atoms with Gasteiger partial charge in [0.1, 0.15) is 28.2 Å². The van der Waals surface area contributed by atoms with E-state index >= 15 is 0 Å². The molecule has 3 aliphatic heterocycles. The lowest BCUT2D eigenvalue weighted by atomic mass is 9.92. The Kier molecular flexibility index (Phi) is 6.00. The normalized spacial score (nSPS) is 22.0. The van der Waals surface area contributed by atoms with Gasteiger partial charge in [0.25, 0.3) is 15.9 Å². The summed E-state index contributed by atoms with van der Waals surface area (Å²) in [4.78, 5) is 18.4. The van der Waals surface area contributed by atoms with Gasteiger partial charge in [0.15, 0.2) is 11.5 Å². The summed E-state index contributed by atoms with van der Waals surface area (Å²) in [5.74, 6) is 1.01.